The third-order valence-electron chi connectivity index (χ3n) is 8.67. The summed E-state index contributed by atoms with van der Waals surface area (Å²) in [5.41, 5.74) is 2.27. The molecule has 8 heteroatoms. The van der Waals surface area contributed by atoms with Crippen LogP contribution in [0.3, 0.4) is 0 Å². The normalized spacial score (nSPS) is 26.6. The Morgan fingerprint density at radius 1 is 1.09 bits per heavy atom. The van der Waals surface area contributed by atoms with Crippen LogP contribution >= 0.6 is 0 Å². The van der Waals surface area contributed by atoms with Gasteiger partial charge in [-0.2, -0.15) is 0 Å². The summed E-state index contributed by atoms with van der Waals surface area (Å²) in [4.78, 5) is 46.5. The number of benzene rings is 1. The molecule has 0 saturated heterocycles. The van der Waals surface area contributed by atoms with Crippen molar-refractivity contribution in [2.24, 2.45) is 17.8 Å². The molecule has 0 aliphatic heterocycles. The van der Waals surface area contributed by atoms with E-state index in [1.807, 2.05) is 31.2 Å². The van der Waals surface area contributed by atoms with Gasteiger partial charge >= 0.3 is 5.69 Å². The number of nitrogens with zero attached hydrogens (tertiary/aromatic N) is 3. The van der Waals surface area contributed by atoms with Crippen molar-refractivity contribution < 1.29 is 4.79 Å². The van der Waals surface area contributed by atoms with Gasteiger partial charge in [-0.25, -0.2) is 9.78 Å². The highest BCUT2D eigenvalue weighted by atomic mass is 16.2. The van der Waals surface area contributed by atoms with Crippen LogP contribution in [-0.2, 0) is 29.7 Å². The first-order valence-corrected chi connectivity index (χ1v) is 13.0. The van der Waals surface area contributed by atoms with Gasteiger partial charge < -0.3 is 10.3 Å². The number of anilines is 1. The fraction of sp³-hybridized carbons (Fsp3) is 0.556. The molecule has 4 fully saturated rings. The highest BCUT2D eigenvalue weighted by Gasteiger charge is 2.59. The first kappa shape index (κ1) is 22.3. The van der Waals surface area contributed by atoms with Crippen molar-refractivity contribution in [2.45, 2.75) is 77.3 Å². The van der Waals surface area contributed by atoms with Gasteiger partial charge in [0.25, 0.3) is 5.56 Å². The van der Waals surface area contributed by atoms with E-state index in [9.17, 15) is 14.4 Å². The molecule has 0 spiro atoms. The summed E-state index contributed by atoms with van der Waals surface area (Å²) in [5.74, 6) is 3.02. The van der Waals surface area contributed by atoms with E-state index in [2.05, 4.69) is 10.3 Å². The van der Waals surface area contributed by atoms with Crippen LogP contribution in [0.4, 0.5) is 5.69 Å². The number of amides is 1. The van der Waals surface area contributed by atoms with Crippen molar-refractivity contribution in [3.8, 4) is 0 Å². The number of hydrogen-bond acceptors (Lipinski definition) is 4. The molecule has 1 amide bonds. The van der Waals surface area contributed by atoms with Crippen LogP contribution in [0.15, 0.2) is 33.9 Å². The number of H-pyrrole nitrogens is 1. The molecule has 7 rings (SSSR count). The zero-order chi connectivity index (χ0) is 24.3. The predicted octanol–water partition coefficient (Wildman–Crippen LogP) is 3.58. The van der Waals surface area contributed by atoms with Gasteiger partial charge in [-0.1, -0.05) is 19.1 Å². The Balaban J connectivity index is 1.38. The number of nitrogens with one attached hydrogen (secondary N) is 2. The molecule has 8 nitrogen and oxygen atoms in total. The molecular weight excluding hydrogens is 442 g/mol. The van der Waals surface area contributed by atoms with Crippen LogP contribution in [0.5, 0.6) is 0 Å². The molecule has 2 N–H and O–H groups in total. The Morgan fingerprint density at radius 2 is 1.80 bits per heavy atom. The summed E-state index contributed by atoms with van der Waals surface area (Å²) >= 11 is 0. The minimum absolute atomic E-state index is 0.0506. The van der Waals surface area contributed by atoms with E-state index in [4.69, 9.17) is 4.98 Å². The minimum atomic E-state index is -0.285. The SMILES string of the molecule is CCCn1c(=O)c2[nH]c(C34CC5CC(CC3C5)C4)nc2n(CCc2ccc(NC(C)=O)cc2)c1=O. The summed E-state index contributed by atoms with van der Waals surface area (Å²) in [7, 11) is 0. The summed E-state index contributed by atoms with van der Waals surface area (Å²) < 4.78 is 3.05. The highest BCUT2D eigenvalue weighted by molar-refractivity contribution is 5.88. The van der Waals surface area contributed by atoms with Crippen LogP contribution in [0.2, 0.25) is 0 Å². The molecule has 2 atom stereocenters. The molecule has 4 aliphatic carbocycles. The number of aromatic nitrogens is 4. The lowest BCUT2D eigenvalue weighted by Gasteiger charge is -2.30. The molecule has 0 radical (unpaired) electrons. The lowest BCUT2D eigenvalue weighted by molar-refractivity contribution is -0.114. The first-order valence-electron chi connectivity index (χ1n) is 13.0. The van der Waals surface area contributed by atoms with E-state index in [-0.39, 0.29) is 22.6 Å². The maximum Gasteiger partial charge on any atom is 0.332 e. The molecule has 4 aliphatic rings. The second-order valence-electron chi connectivity index (χ2n) is 11.0. The third kappa shape index (κ3) is 3.56. The lowest BCUT2D eigenvalue weighted by atomic mass is 9.75. The molecule has 2 unspecified atom stereocenters. The number of carbonyl (C=O) groups excluding carboxylic acids is 1. The summed E-state index contributed by atoms with van der Waals surface area (Å²) in [6, 6.07) is 7.64. The largest absolute Gasteiger partial charge is 0.336 e. The smallest absolute Gasteiger partial charge is 0.332 e. The quantitative estimate of drug-likeness (QED) is 0.545. The van der Waals surface area contributed by atoms with Crippen molar-refractivity contribution in [1.29, 1.82) is 0 Å². The van der Waals surface area contributed by atoms with Crippen LogP contribution in [0.1, 0.15) is 63.8 Å². The van der Waals surface area contributed by atoms with E-state index >= 15 is 0 Å². The van der Waals surface area contributed by atoms with Crippen LogP contribution in [0.25, 0.3) is 11.2 Å². The molecule has 2 heterocycles. The lowest BCUT2D eigenvalue weighted by Crippen LogP contribution is -2.40. The monoisotopic (exact) mass is 475 g/mol. The van der Waals surface area contributed by atoms with Crippen molar-refractivity contribution in [3.05, 3.63) is 56.5 Å². The molecule has 4 bridgehead atoms. The van der Waals surface area contributed by atoms with Crippen molar-refractivity contribution in [3.63, 3.8) is 0 Å². The van der Waals surface area contributed by atoms with Gasteiger partial charge in [0.1, 0.15) is 11.3 Å². The van der Waals surface area contributed by atoms with Crippen molar-refractivity contribution in [1.82, 2.24) is 19.1 Å². The Labute approximate surface area is 203 Å². The fourth-order valence-electron chi connectivity index (χ4n) is 7.41. The van der Waals surface area contributed by atoms with Gasteiger partial charge in [0, 0.05) is 31.1 Å². The Kier molecular flexibility index (Phi) is 5.23. The summed E-state index contributed by atoms with van der Waals surface area (Å²) in [5, 5.41) is 2.77. The zero-order valence-corrected chi connectivity index (χ0v) is 20.5. The van der Waals surface area contributed by atoms with Crippen LogP contribution < -0.4 is 16.6 Å². The first-order chi connectivity index (χ1) is 16.9. The van der Waals surface area contributed by atoms with E-state index in [0.717, 1.165) is 41.8 Å². The summed E-state index contributed by atoms with van der Waals surface area (Å²) in [6.07, 6.45) is 7.53. The van der Waals surface area contributed by atoms with Gasteiger partial charge in [-0.05, 0) is 80.4 Å². The highest BCUT2D eigenvalue weighted by Crippen LogP contribution is 2.65. The number of fused-ring (bicyclic) bond motifs is 1. The van der Waals surface area contributed by atoms with Gasteiger partial charge in [0.15, 0.2) is 5.65 Å². The average Bonchev–Trinajstić information content (AvgIpc) is 3.45. The van der Waals surface area contributed by atoms with Gasteiger partial charge in [0.05, 0.1) is 0 Å². The van der Waals surface area contributed by atoms with Crippen molar-refractivity contribution in [2.75, 3.05) is 5.32 Å². The van der Waals surface area contributed by atoms with E-state index in [0.29, 0.717) is 43.0 Å². The van der Waals surface area contributed by atoms with E-state index < -0.39 is 0 Å². The summed E-state index contributed by atoms with van der Waals surface area (Å²) in [6.45, 7) is 4.29. The Hall–Kier alpha value is -3.16. The average molecular weight is 476 g/mol. The maximum atomic E-state index is 13.4. The number of hydrogen-bond donors (Lipinski definition) is 2. The van der Waals surface area contributed by atoms with Crippen LogP contribution in [0, 0.1) is 17.8 Å². The number of carbonyl (C=O) groups is 1. The Morgan fingerprint density at radius 3 is 2.46 bits per heavy atom. The number of aryl methyl sites for hydroxylation is 2. The minimum Gasteiger partial charge on any atom is -0.336 e. The zero-order valence-electron chi connectivity index (χ0n) is 20.5. The topological polar surface area (TPSA) is 102 Å². The second-order valence-corrected chi connectivity index (χ2v) is 11.0. The number of aromatic amines is 1. The van der Waals surface area contributed by atoms with Gasteiger partial charge in [-0.3, -0.25) is 18.7 Å². The van der Waals surface area contributed by atoms with Gasteiger partial charge in [-0.15, -0.1) is 0 Å². The van der Waals surface area contributed by atoms with E-state index in [1.165, 1.54) is 30.8 Å². The molecular formula is C27H33N5O3. The van der Waals surface area contributed by atoms with Crippen LogP contribution in [-0.4, -0.2) is 25.0 Å². The molecule has 4 saturated carbocycles. The molecule has 1 aromatic carbocycles. The molecule has 3 aromatic rings. The fourth-order valence-corrected chi connectivity index (χ4v) is 7.41. The second kappa shape index (κ2) is 8.21. The Bertz CT molecular complexity index is 1400. The molecule has 2 aromatic heterocycles. The van der Waals surface area contributed by atoms with E-state index in [1.54, 1.807) is 4.57 Å². The third-order valence-corrected chi connectivity index (χ3v) is 8.67. The number of rotatable bonds is 7. The van der Waals surface area contributed by atoms with Crippen molar-refractivity contribution >= 4 is 22.8 Å². The maximum absolute atomic E-state index is 13.4. The van der Waals surface area contributed by atoms with Gasteiger partial charge in [0.2, 0.25) is 5.91 Å². The molecule has 35 heavy (non-hydrogen) atoms. The standard InChI is InChI=1S/C27H33N5O3/c1-3-9-32-24(34)22-23(30-25(29-22)27-14-18-11-19(15-27)13-20(27)12-18)31(26(32)35)10-8-17-4-6-21(7-5-17)28-16(2)33/h4-7,18-20H,3,8-15H2,1-2H3,(H,28,33)(H,29,30). The number of imidazole rings is 1. The predicted molar refractivity (Wildman–Crippen MR) is 135 cm³/mol. The molecule has 184 valence electrons.